The zero-order chi connectivity index (χ0) is 17.7. The number of carbonyl (C=O) groups is 3. The van der Waals surface area contributed by atoms with Crippen LogP contribution in [-0.2, 0) is 23.9 Å². The molecule has 23 heavy (non-hydrogen) atoms. The van der Waals surface area contributed by atoms with E-state index in [1.807, 2.05) is 0 Å². The molecule has 0 amide bonds. The van der Waals surface area contributed by atoms with E-state index >= 15 is 0 Å². The number of aliphatic carboxylic acids is 1. The van der Waals surface area contributed by atoms with Gasteiger partial charge in [-0.1, -0.05) is 19.3 Å². The fraction of sp³-hybridized carbons (Fsp3) is 0.812. The highest BCUT2D eigenvalue weighted by atomic mass is 16.7. The Bertz CT molecular complexity index is 448. The van der Waals surface area contributed by atoms with Crippen molar-refractivity contribution < 1.29 is 29.0 Å². The summed E-state index contributed by atoms with van der Waals surface area (Å²) >= 11 is 0. The molecule has 132 valence electrons. The van der Waals surface area contributed by atoms with Gasteiger partial charge in [-0.15, -0.1) is 0 Å². The van der Waals surface area contributed by atoms with Crippen LogP contribution in [0.4, 0.5) is 0 Å². The van der Waals surface area contributed by atoms with E-state index in [-0.39, 0.29) is 6.42 Å². The van der Waals surface area contributed by atoms with Gasteiger partial charge in [0, 0.05) is 5.41 Å². The van der Waals surface area contributed by atoms with Gasteiger partial charge in [0.15, 0.2) is 0 Å². The fourth-order valence-corrected chi connectivity index (χ4v) is 2.85. The Morgan fingerprint density at radius 3 is 2.17 bits per heavy atom. The van der Waals surface area contributed by atoms with Crippen molar-refractivity contribution in [1.29, 1.82) is 0 Å². The van der Waals surface area contributed by atoms with Crippen molar-refractivity contribution in [1.82, 2.24) is 0 Å². The molecule has 1 atom stereocenters. The van der Waals surface area contributed by atoms with E-state index in [2.05, 4.69) is 0 Å². The SMILES string of the molecule is CC(C)(C)C(=O)OCOC(=O)C(N)C1(CC(=O)O)CCCCC1. The lowest BCUT2D eigenvalue weighted by molar-refractivity contribution is -0.176. The lowest BCUT2D eigenvalue weighted by Gasteiger charge is -2.39. The van der Waals surface area contributed by atoms with Crippen LogP contribution in [0.5, 0.6) is 0 Å². The van der Waals surface area contributed by atoms with Crippen molar-refractivity contribution in [3.05, 3.63) is 0 Å². The molecule has 0 aliphatic heterocycles. The van der Waals surface area contributed by atoms with Crippen LogP contribution in [0.3, 0.4) is 0 Å². The molecule has 1 unspecified atom stereocenters. The van der Waals surface area contributed by atoms with Gasteiger partial charge in [-0.3, -0.25) is 14.4 Å². The first-order chi connectivity index (χ1) is 10.6. The lowest BCUT2D eigenvalue weighted by atomic mass is 9.67. The standard InChI is InChI=1S/C16H27NO6/c1-15(2,3)14(21)23-10-22-13(20)12(17)16(9-11(18)19)7-5-4-6-8-16/h12H,4-10,17H2,1-3H3,(H,18,19). The van der Waals surface area contributed by atoms with Crippen LogP contribution >= 0.6 is 0 Å². The Balaban J connectivity index is 2.62. The Morgan fingerprint density at radius 2 is 1.70 bits per heavy atom. The number of nitrogens with two attached hydrogens (primary N) is 1. The topological polar surface area (TPSA) is 116 Å². The molecule has 1 aliphatic rings. The highest BCUT2D eigenvalue weighted by Gasteiger charge is 2.44. The van der Waals surface area contributed by atoms with Gasteiger partial charge in [0.25, 0.3) is 0 Å². The minimum atomic E-state index is -1.03. The molecule has 0 bridgehead atoms. The number of carboxylic acids is 1. The zero-order valence-corrected chi connectivity index (χ0v) is 14.1. The molecule has 0 saturated heterocycles. The van der Waals surface area contributed by atoms with E-state index < -0.39 is 41.6 Å². The molecule has 0 heterocycles. The summed E-state index contributed by atoms with van der Waals surface area (Å²) in [6.07, 6.45) is 3.69. The monoisotopic (exact) mass is 329 g/mol. The molecule has 0 spiro atoms. The van der Waals surface area contributed by atoms with Crippen molar-refractivity contribution in [2.24, 2.45) is 16.6 Å². The van der Waals surface area contributed by atoms with Gasteiger partial charge >= 0.3 is 17.9 Å². The van der Waals surface area contributed by atoms with Crippen LogP contribution in [0.15, 0.2) is 0 Å². The van der Waals surface area contributed by atoms with Crippen molar-refractivity contribution in [2.75, 3.05) is 6.79 Å². The van der Waals surface area contributed by atoms with Gasteiger partial charge in [-0.05, 0) is 33.6 Å². The highest BCUT2D eigenvalue weighted by molar-refractivity contribution is 5.79. The second-order valence-corrected chi connectivity index (χ2v) is 7.23. The van der Waals surface area contributed by atoms with E-state index in [0.29, 0.717) is 12.8 Å². The molecule has 3 N–H and O–H groups in total. The number of carbonyl (C=O) groups excluding carboxylic acids is 2. The second kappa shape index (κ2) is 7.77. The molecular weight excluding hydrogens is 302 g/mol. The maximum atomic E-state index is 12.1. The summed E-state index contributed by atoms with van der Waals surface area (Å²) in [6.45, 7) is 4.55. The minimum absolute atomic E-state index is 0.162. The number of carboxylic acid groups (broad SMARTS) is 1. The summed E-state index contributed by atoms with van der Waals surface area (Å²) in [6, 6.07) is -1.03. The van der Waals surface area contributed by atoms with Crippen molar-refractivity contribution in [3.8, 4) is 0 Å². The van der Waals surface area contributed by atoms with Crippen LogP contribution in [-0.4, -0.2) is 35.8 Å². The Labute approximate surface area is 136 Å². The molecule has 7 nitrogen and oxygen atoms in total. The largest absolute Gasteiger partial charge is 0.481 e. The normalized spacial score (nSPS) is 18.8. The van der Waals surface area contributed by atoms with Gasteiger partial charge < -0.3 is 20.3 Å². The third kappa shape index (κ3) is 5.49. The number of esters is 2. The Kier molecular flexibility index (Phi) is 6.56. The third-order valence-corrected chi connectivity index (χ3v) is 4.27. The Hall–Kier alpha value is -1.63. The van der Waals surface area contributed by atoms with Crippen LogP contribution < -0.4 is 5.73 Å². The van der Waals surface area contributed by atoms with E-state index in [4.69, 9.17) is 20.3 Å². The highest BCUT2D eigenvalue weighted by Crippen LogP contribution is 2.42. The number of ether oxygens (including phenoxy) is 2. The summed E-state index contributed by atoms with van der Waals surface area (Å²) in [4.78, 5) is 34.9. The van der Waals surface area contributed by atoms with Crippen molar-refractivity contribution in [2.45, 2.75) is 65.3 Å². The zero-order valence-electron chi connectivity index (χ0n) is 14.1. The van der Waals surface area contributed by atoms with Gasteiger partial charge in [0.1, 0.15) is 6.04 Å². The number of hydrogen-bond donors (Lipinski definition) is 2. The predicted octanol–water partition coefficient (Wildman–Crippen LogP) is 1.83. The van der Waals surface area contributed by atoms with Gasteiger partial charge in [0.2, 0.25) is 6.79 Å². The van der Waals surface area contributed by atoms with E-state index in [1.165, 1.54) is 0 Å². The van der Waals surface area contributed by atoms with Crippen molar-refractivity contribution in [3.63, 3.8) is 0 Å². The average Bonchev–Trinajstić information content (AvgIpc) is 2.45. The van der Waals surface area contributed by atoms with Crippen LogP contribution in [0.1, 0.15) is 59.3 Å². The number of rotatable bonds is 6. The average molecular weight is 329 g/mol. The van der Waals surface area contributed by atoms with Gasteiger partial charge in [-0.2, -0.15) is 0 Å². The van der Waals surface area contributed by atoms with Crippen LogP contribution in [0, 0.1) is 10.8 Å². The molecule has 1 saturated carbocycles. The van der Waals surface area contributed by atoms with Gasteiger partial charge in [-0.25, -0.2) is 0 Å². The first-order valence-corrected chi connectivity index (χ1v) is 7.90. The van der Waals surface area contributed by atoms with E-state index in [0.717, 1.165) is 19.3 Å². The quantitative estimate of drug-likeness (QED) is 0.564. The lowest BCUT2D eigenvalue weighted by Crippen LogP contribution is -2.50. The smallest absolute Gasteiger partial charge is 0.326 e. The summed E-state index contributed by atoms with van der Waals surface area (Å²) in [5.74, 6) is -2.19. The van der Waals surface area contributed by atoms with Crippen molar-refractivity contribution >= 4 is 17.9 Å². The summed E-state index contributed by atoms with van der Waals surface area (Å²) < 4.78 is 9.80. The molecule has 0 aromatic carbocycles. The second-order valence-electron chi connectivity index (χ2n) is 7.23. The summed E-state index contributed by atoms with van der Waals surface area (Å²) in [7, 11) is 0. The first-order valence-electron chi connectivity index (χ1n) is 7.90. The molecule has 0 aromatic rings. The van der Waals surface area contributed by atoms with Gasteiger partial charge in [0.05, 0.1) is 11.8 Å². The molecule has 1 aliphatic carbocycles. The molecule has 7 heteroatoms. The van der Waals surface area contributed by atoms with E-state index in [9.17, 15) is 14.4 Å². The summed E-state index contributed by atoms with van der Waals surface area (Å²) in [5.41, 5.74) is 4.52. The minimum Gasteiger partial charge on any atom is -0.481 e. The molecule has 0 aromatic heterocycles. The predicted molar refractivity (Wildman–Crippen MR) is 82.3 cm³/mol. The molecule has 1 rings (SSSR count). The summed E-state index contributed by atoms with van der Waals surface area (Å²) in [5, 5.41) is 9.12. The first kappa shape index (κ1) is 19.4. The van der Waals surface area contributed by atoms with Crippen LogP contribution in [0.2, 0.25) is 0 Å². The number of hydrogen-bond acceptors (Lipinski definition) is 6. The Morgan fingerprint density at radius 1 is 1.13 bits per heavy atom. The fourth-order valence-electron chi connectivity index (χ4n) is 2.85. The molecular formula is C16H27NO6. The maximum Gasteiger partial charge on any atom is 0.326 e. The van der Waals surface area contributed by atoms with E-state index in [1.54, 1.807) is 20.8 Å². The van der Waals surface area contributed by atoms with Crippen LogP contribution in [0.25, 0.3) is 0 Å². The maximum absolute atomic E-state index is 12.1. The molecule has 1 fully saturated rings. The molecule has 0 radical (unpaired) electrons. The third-order valence-electron chi connectivity index (χ3n) is 4.27.